The van der Waals surface area contributed by atoms with Crippen LogP contribution in [-0.2, 0) is 39.6 Å². The molecule has 0 spiro atoms. The minimum atomic E-state index is -0.403. The molecule has 3 aliphatic rings. The average Bonchev–Trinajstić information content (AvgIpc) is 1.65. The summed E-state index contributed by atoms with van der Waals surface area (Å²) in [4.78, 5) is 84.4. The van der Waals surface area contributed by atoms with Gasteiger partial charge in [-0.1, -0.05) is 48.5 Å². The third-order valence-corrected chi connectivity index (χ3v) is 16.4. The van der Waals surface area contributed by atoms with Crippen molar-refractivity contribution in [3.63, 3.8) is 0 Å². The Hall–Kier alpha value is -9.30. The molecule has 10 heterocycles. The maximum atomic E-state index is 12.4. The summed E-state index contributed by atoms with van der Waals surface area (Å²) in [6.45, 7) is 26.4. The molecule has 0 aromatic carbocycles. The van der Waals surface area contributed by atoms with Gasteiger partial charge in [0.25, 0.3) is 0 Å². The lowest BCUT2D eigenvalue weighted by molar-refractivity contribution is 0.0273. The summed E-state index contributed by atoms with van der Waals surface area (Å²) in [5.41, 5.74) is 14.9. The van der Waals surface area contributed by atoms with Crippen molar-refractivity contribution in [1.29, 1.82) is 0 Å². The van der Waals surface area contributed by atoms with E-state index in [4.69, 9.17) is 75.2 Å². The Morgan fingerprint density at radius 3 is 1.14 bits per heavy atom. The summed E-state index contributed by atoms with van der Waals surface area (Å²) in [6, 6.07) is 19.6. The van der Waals surface area contributed by atoms with Crippen molar-refractivity contribution < 1.29 is 66.5 Å². The first-order valence-electron chi connectivity index (χ1n) is 34.2. The fraction of sp³-hybridized carbons (Fsp3) is 0.507. The molecule has 102 heavy (non-hydrogen) atoms. The molecule has 0 unspecified atom stereocenters. The SMILES string of the molecule is CC(C)[C@H]1COC(=O)N1c1ccnc(C[C@@H](C)c2ccc(OCCOCCOCCOc3ccc([C@H](C)Nc4nccc(N5C(=O)OC[C@@H]5C(C)C)n4)nc3)cn2)n1.CC(C)[C@H]1COC(=O)N1c1ccnc(Cl)n1.C[C@H](N)c1ccc(OCCOCCOCCOc2ccc([C@H](C)N)nc2)cn1. The fourth-order valence-electron chi connectivity index (χ4n) is 10.4. The minimum Gasteiger partial charge on any atom is -0.490 e. The van der Waals surface area contributed by atoms with Crippen molar-refractivity contribution in [3.8, 4) is 23.0 Å². The molecule has 7 aromatic rings. The Bertz CT molecular complexity index is 3470. The summed E-state index contributed by atoms with van der Waals surface area (Å²) in [6.07, 6.45) is 10.9. The number of hydrogen-bond acceptors (Lipinski definition) is 27. The number of ether oxygens (including phenoxy) is 11. The quantitative estimate of drug-likeness (QED) is 0.0187. The van der Waals surface area contributed by atoms with Crippen LogP contribution in [0.5, 0.6) is 23.0 Å². The maximum Gasteiger partial charge on any atom is 0.415 e. The number of halogens is 1. The van der Waals surface area contributed by atoms with Gasteiger partial charge in [-0.3, -0.25) is 34.6 Å². The van der Waals surface area contributed by atoms with E-state index < -0.39 is 6.09 Å². The largest absolute Gasteiger partial charge is 0.490 e. The Kier molecular flexibility index (Phi) is 31.0. The lowest BCUT2D eigenvalue weighted by Crippen LogP contribution is -2.37. The number of hydrogen-bond donors (Lipinski definition) is 3. The molecule has 3 aliphatic heterocycles. The molecule has 0 aliphatic carbocycles. The van der Waals surface area contributed by atoms with Crippen molar-refractivity contribution in [1.82, 2.24) is 49.8 Å². The molecule has 30 nitrogen and oxygen atoms in total. The zero-order chi connectivity index (χ0) is 72.9. The molecule has 0 radical (unpaired) electrons. The van der Waals surface area contributed by atoms with Crippen LogP contribution in [0, 0.1) is 17.8 Å². The number of nitrogens with two attached hydrogens (primary N) is 2. The smallest absolute Gasteiger partial charge is 0.415 e. The molecule has 31 heteroatoms. The molecule has 0 bridgehead atoms. The molecular formula is C71H95ClN16O14. The average molecular weight is 1430 g/mol. The van der Waals surface area contributed by atoms with E-state index in [0.717, 1.165) is 22.8 Å². The lowest BCUT2D eigenvalue weighted by atomic mass is 10.0. The van der Waals surface area contributed by atoms with E-state index in [-0.39, 0.29) is 71.5 Å². The van der Waals surface area contributed by atoms with Gasteiger partial charge < -0.3 is 68.9 Å². The van der Waals surface area contributed by atoms with E-state index in [1.807, 2.05) is 97.0 Å². The first kappa shape index (κ1) is 78.4. The highest BCUT2D eigenvalue weighted by molar-refractivity contribution is 6.28. The molecule has 550 valence electrons. The lowest BCUT2D eigenvalue weighted by Gasteiger charge is -2.23. The molecule has 3 saturated heterocycles. The van der Waals surface area contributed by atoms with E-state index in [0.29, 0.717) is 164 Å². The number of carbonyl (C=O) groups excluding carboxylic acids is 3. The van der Waals surface area contributed by atoms with Crippen LogP contribution in [0.15, 0.2) is 110 Å². The van der Waals surface area contributed by atoms with Gasteiger partial charge in [0.2, 0.25) is 11.2 Å². The van der Waals surface area contributed by atoms with E-state index in [9.17, 15) is 14.4 Å². The predicted molar refractivity (Wildman–Crippen MR) is 380 cm³/mol. The van der Waals surface area contributed by atoms with Gasteiger partial charge in [-0.2, -0.15) is 4.98 Å². The first-order chi connectivity index (χ1) is 49.2. The zero-order valence-corrected chi connectivity index (χ0v) is 60.3. The number of anilines is 4. The number of nitrogens with one attached hydrogen (secondary N) is 1. The van der Waals surface area contributed by atoms with Crippen LogP contribution in [-0.4, -0.2) is 185 Å². The molecule has 7 atom stereocenters. The normalized spacial score (nSPS) is 16.9. The molecule has 0 saturated carbocycles. The van der Waals surface area contributed by atoms with Gasteiger partial charge in [0.1, 0.15) is 92.5 Å². The number of nitrogens with zero attached hydrogens (tertiary/aromatic N) is 13. The van der Waals surface area contributed by atoms with Gasteiger partial charge >= 0.3 is 18.3 Å². The topological polar surface area (TPSA) is 355 Å². The maximum absolute atomic E-state index is 12.4. The Morgan fingerprint density at radius 1 is 0.431 bits per heavy atom. The number of pyridine rings is 4. The highest BCUT2D eigenvalue weighted by Gasteiger charge is 2.39. The Labute approximate surface area is 600 Å². The number of aromatic nitrogens is 10. The number of rotatable bonds is 36. The minimum absolute atomic E-state index is 0.00142. The van der Waals surface area contributed by atoms with E-state index >= 15 is 0 Å². The number of carbonyl (C=O) groups is 3. The van der Waals surface area contributed by atoms with Gasteiger partial charge in [-0.05, 0) is 117 Å². The van der Waals surface area contributed by atoms with Crippen LogP contribution in [0.1, 0.15) is 122 Å². The van der Waals surface area contributed by atoms with Gasteiger partial charge in [0, 0.05) is 48.7 Å². The van der Waals surface area contributed by atoms with Crippen molar-refractivity contribution in [3.05, 3.63) is 144 Å². The van der Waals surface area contributed by atoms with Crippen LogP contribution in [0.2, 0.25) is 5.28 Å². The molecule has 3 amide bonds. The van der Waals surface area contributed by atoms with Crippen LogP contribution >= 0.6 is 11.6 Å². The number of cyclic esters (lactones) is 3. The van der Waals surface area contributed by atoms with Gasteiger partial charge in [0.15, 0.2) is 0 Å². The summed E-state index contributed by atoms with van der Waals surface area (Å²) in [5, 5.41) is 3.38. The standard InChI is InChI=1S/C41H53N9O8.C20H30N4O4.C10H12ClN3O2/c1-26(2)34-24-57-40(51)49(34)37-11-13-42-36(47-37)21-28(5)32-9-7-30(22-44-32)55-19-17-53-15-16-54-18-20-56-31-8-10-33(45-23-31)29(6)46-39-43-14-12-38(48-39)50-35(27(3)4)25-58-41(50)52;1-15(21)19-5-3-17(13-23-19)27-11-9-25-7-8-26-10-12-28-18-4-6-20(16(2)22)24-14-18;1-6(2)7-5-16-10(15)14(7)8-3-4-12-9(11)13-8/h7-14,22-23,26-29,34-35H,15-21,24-25H2,1-6H3,(H,43,46,48);3-6,13-16H,7-12,21-22H2,1-2H3;3-4,6-7H,5H2,1-2H3/t28-,29+,34-,35-;15-,16-;7-/m101/s1. The van der Waals surface area contributed by atoms with Gasteiger partial charge in [-0.25, -0.2) is 39.3 Å². The third-order valence-electron chi connectivity index (χ3n) is 16.2. The summed E-state index contributed by atoms with van der Waals surface area (Å²) in [7, 11) is 0. The third kappa shape index (κ3) is 24.2. The van der Waals surface area contributed by atoms with Gasteiger partial charge in [0.05, 0.1) is 119 Å². The highest BCUT2D eigenvalue weighted by atomic mass is 35.5. The van der Waals surface area contributed by atoms with Crippen LogP contribution in [0.4, 0.5) is 37.8 Å². The van der Waals surface area contributed by atoms with Crippen molar-refractivity contribution >= 4 is 53.3 Å². The Morgan fingerprint density at radius 2 is 0.775 bits per heavy atom. The molecule has 7 aromatic heterocycles. The first-order valence-corrected chi connectivity index (χ1v) is 34.6. The summed E-state index contributed by atoms with van der Waals surface area (Å²) < 4.78 is 60.5. The monoisotopic (exact) mass is 1430 g/mol. The molecular weight excluding hydrogens is 1340 g/mol. The van der Waals surface area contributed by atoms with Crippen molar-refractivity contribution in [2.24, 2.45) is 29.2 Å². The van der Waals surface area contributed by atoms with Gasteiger partial charge in [-0.15, -0.1) is 0 Å². The van der Waals surface area contributed by atoms with Crippen LogP contribution in [0.25, 0.3) is 0 Å². The fourth-order valence-corrected chi connectivity index (χ4v) is 10.5. The van der Waals surface area contributed by atoms with E-state index in [1.54, 1.807) is 65.2 Å². The molecule has 3 fully saturated rings. The second-order valence-corrected chi connectivity index (χ2v) is 25.4. The summed E-state index contributed by atoms with van der Waals surface area (Å²) in [5.74, 6) is 6.03. The zero-order valence-electron chi connectivity index (χ0n) is 59.5. The molecule has 10 rings (SSSR count). The van der Waals surface area contributed by atoms with E-state index in [1.165, 1.54) is 11.1 Å². The summed E-state index contributed by atoms with van der Waals surface area (Å²) >= 11 is 5.70. The second kappa shape index (κ2) is 40.4. The van der Waals surface area contributed by atoms with E-state index in [2.05, 4.69) is 75.9 Å². The van der Waals surface area contributed by atoms with Crippen LogP contribution < -0.4 is 50.4 Å². The second-order valence-electron chi connectivity index (χ2n) is 25.1. The Balaban J connectivity index is 0.000000245. The molecule has 5 N–H and O–H groups in total. The van der Waals surface area contributed by atoms with Crippen molar-refractivity contribution in [2.45, 2.75) is 118 Å². The highest BCUT2D eigenvalue weighted by Crippen LogP contribution is 2.30. The predicted octanol–water partition coefficient (Wildman–Crippen LogP) is 10.1. The van der Waals surface area contributed by atoms with Crippen LogP contribution in [0.3, 0.4) is 0 Å². The number of amides is 3. The van der Waals surface area contributed by atoms with Crippen molar-refractivity contribution in [2.75, 3.05) is 119 Å².